The second-order valence-corrected chi connectivity index (χ2v) is 7.53. The van der Waals surface area contributed by atoms with Crippen LogP contribution in [0.4, 0.5) is 5.69 Å². The molecule has 4 heterocycles. The monoisotopic (exact) mass is 402 g/mol. The fourth-order valence-corrected chi connectivity index (χ4v) is 4.20. The minimum absolute atomic E-state index is 0.0136. The standard InChI is InChI=1S/C23H22N4O3/c24-13-18-17(14-26-8-4-3-5-19(18)26)15-27-16-22(23(28)25-9-11-29-12-10-25)30-21-7-2-1-6-20(21)27/h1-8,14,22H,9-12,15-16H2. The Morgan fingerprint density at radius 3 is 2.77 bits per heavy atom. The molecule has 1 atom stereocenters. The largest absolute Gasteiger partial charge is 0.477 e. The molecule has 2 aromatic heterocycles. The highest BCUT2D eigenvalue weighted by atomic mass is 16.5. The van der Waals surface area contributed by atoms with Crippen LogP contribution in [-0.4, -0.2) is 54.2 Å². The highest BCUT2D eigenvalue weighted by Gasteiger charge is 2.34. The van der Waals surface area contributed by atoms with E-state index < -0.39 is 6.10 Å². The molecule has 2 aliphatic heterocycles. The number of benzene rings is 1. The number of para-hydroxylation sites is 2. The Hall–Kier alpha value is -3.50. The first-order chi connectivity index (χ1) is 14.7. The van der Waals surface area contributed by atoms with Crippen LogP contribution in [0.5, 0.6) is 5.75 Å². The second kappa shape index (κ2) is 7.73. The summed E-state index contributed by atoms with van der Waals surface area (Å²) in [4.78, 5) is 17.0. The summed E-state index contributed by atoms with van der Waals surface area (Å²) in [5.41, 5.74) is 3.41. The fraction of sp³-hybridized carbons (Fsp3) is 0.304. The number of pyridine rings is 1. The molecular formula is C23H22N4O3. The number of nitrogens with zero attached hydrogens (tertiary/aromatic N) is 4. The second-order valence-electron chi connectivity index (χ2n) is 7.53. The molecule has 30 heavy (non-hydrogen) atoms. The third-order valence-electron chi connectivity index (χ3n) is 5.69. The van der Waals surface area contributed by atoms with E-state index in [1.54, 1.807) is 0 Å². The number of nitriles is 1. The molecule has 0 aliphatic carbocycles. The van der Waals surface area contributed by atoms with Crippen molar-refractivity contribution in [3.8, 4) is 11.8 Å². The van der Waals surface area contributed by atoms with Crippen LogP contribution in [0.3, 0.4) is 0 Å². The Kier molecular flexibility index (Phi) is 4.77. The van der Waals surface area contributed by atoms with Crippen LogP contribution in [0, 0.1) is 11.3 Å². The van der Waals surface area contributed by atoms with E-state index in [-0.39, 0.29) is 5.91 Å². The van der Waals surface area contributed by atoms with E-state index in [9.17, 15) is 10.1 Å². The van der Waals surface area contributed by atoms with Crippen LogP contribution in [0.25, 0.3) is 5.52 Å². The normalized spacial score (nSPS) is 18.6. The summed E-state index contributed by atoms with van der Waals surface area (Å²) in [6.07, 6.45) is 3.35. The number of carbonyl (C=O) groups excluding carboxylic acids is 1. The Morgan fingerprint density at radius 2 is 1.93 bits per heavy atom. The summed E-state index contributed by atoms with van der Waals surface area (Å²) in [7, 11) is 0. The molecule has 2 aliphatic rings. The lowest BCUT2D eigenvalue weighted by atomic mass is 10.1. The highest BCUT2D eigenvalue weighted by molar-refractivity contribution is 5.83. The van der Waals surface area contributed by atoms with Crippen LogP contribution in [0.15, 0.2) is 54.9 Å². The van der Waals surface area contributed by atoms with Crippen molar-refractivity contribution in [1.82, 2.24) is 9.30 Å². The van der Waals surface area contributed by atoms with Gasteiger partial charge in [0.1, 0.15) is 11.8 Å². The molecular weight excluding hydrogens is 380 g/mol. The lowest BCUT2D eigenvalue weighted by molar-refractivity contribution is -0.142. The summed E-state index contributed by atoms with van der Waals surface area (Å²) in [5.74, 6) is 0.679. The van der Waals surface area contributed by atoms with Crippen molar-refractivity contribution in [2.75, 3.05) is 37.7 Å². The van der Waals surface area contributed by atoms with Gasteiger partial charge in [-0.1, -0.05) is 18.2 Å². The Morgan fingerprint density at radius 1 is 1.13 bits per heavy atom. The summed E-state index contributed by atoms with van der Waals surface area (Å²) >= 11 is 0. The van der Waals surface area contributed by atoms with E-state index in [1.165, 1.54) is 0 Å². The van der Waals surface area contributed by atoms with Gasteiger partial charge in [-0.05, 0) is 24.3 Å². The van der Waals surface area contributed by atoms with Crippen molar-refractivity contribution in [2.45, 2.75) is 12.6 Å². The molecule has 0 bridgehead atoms. The van der Waals surface area contributed by atoms with Crippen LogP contribution in [0.2, 0.25) is 0 Å². The van der Waals surface area contributed by atoms with Crippen molar-refractivity contribution in [1.29, 1.82) is 5.26 Å². The van der Waals surface area contributed by atoms with Crippen LogP contribution >= 0.6 is 0 Å². The van der Waals surface area contributed by atoms with E-state index in [1.807, 2.05) is 64.2 Å². The van der Waals surface area contributed by atoms with Crippen molar-refractivity contribution in [3.05, 3.63) is 66.0 Å². The predicted molar refractivity (Wildman–Crippen MR) is 111 cm³/mol. The quantitative estimate of drug-likeness (QED) is 0.673. The average molecular weight is 402 g/mol. The number of anilines is 1. The number of morpholine rings is 1. The van der Waals surface area contributed by atoms with Gasteiger partial charge in [0.25, 0.3) is 5.91 Å². The average Bonchev–Trinajstić information content (AvgIpc) is 3.16. The molecule has 1 aromatic carbocycles. The van der Waals surface area contributed by atoms with E-state index >= 15 is 0 Å². The summed E-state index contributed by atoms with van der Waals surface area (Å²) in [6.45, 7) is 3.25. The smallest absolute Gasteiger partial charge is 0.265 e. The van der Waals surface area contributed by atoms with Gasteiger partial charge in [-0.2, -0.15) is 5.26 Å². The molecule has 0 saturated carbocycles. The molecule has 0 N–H and O–H groups in total. The molecule has 5 rings (SSSR count). The Labute approximate surface area is 174 Å². The maximum absolute atomic E-state index is 13.1. The third kappa shape index (κ3) is 3.25. The summed E-state index contributed by atoms with van der Waals surface area (Å²) in [5, 5.41) is 9.76. The number of amides is 1. The first-order valence-corrected chi connectivity index (χ1v) is 10.1. The molecule has 7 nitrogen and oxygen atoms in total. The van der Waals surface area contributed by atoms with Gasteiger partial charge in [-0.3, -0.25) is 4.79 Å². The Balaban J connectivity index is 1.46. The fourth-order valence-electron chi connectivity index (χ4n) is 4.20. The van der Waals surface area contributed by atoms with Crippen molar-refractivity contribution in [2.24, 2.45) is 0 Å². The molecule has 1 saturated heterocycles. The lowest BCUT2D eigenvalue weighted by Gasteiger charge is -2.38. The number of fused-ring (bicyclic) bond motifs is 2. The number of rotatable bonds is 3. The number of ether oxygens (including phenoxy) is 2. The molecule has 3 aromatic rings. The number of hydrogen-bond acceptors (Lipinski definition) is 5. The van der Waals surface area contributed by atoms with Crippen LogP contribution in [-0.2, 0) is 16.1 Å². The van der Waals surface area contributed by atoms with E-state index in [2.05, 4.69) is 11.0 Å². The number of hydrogen-bond donors (Lipinski definition) is 0. The molecule has 0 radical (unpaired) electrons. The van der Waals surface area contributed by atoms with E-state index in [4.69, 9.17) is 9.47 Å². The minimum Gasteiger partial charge on any atom is -0.477 e. The van der Waals surface area contributed by atoms with Crippen LogP contribution < -0.4 is 9.64 Å². The predicted octanol–water partition coefficient (Wildman–Crippen LogP) is 2.44. The van der Waals surface area contributed by atoms with Crippen molar-refractivity contribution >= 4 is 17.1 Å². The first-order valence-electron chi connectivity index (χ1n) is 10.1. The zero-order valence-electron chi connectivity index (χ0n) is 16.5. The van der Waals surface area contributed by atoms with E-state index in [0.717, 1.165) is 16.8 Å². The van der Waals surface area contributed by atoms with Gasteiger partial charge < -0.3 is 23.7 Å². The highest BCUT2D eigenvalue weighted by Crippen LogP contribution is 2.35. The van der Waals surface area contributed by atoms with Gasteiger partial charge in [-0.15, -0.1) is 0 Å². The molecule has 0 spiro atoms. The maximum atomic E-state index is 13.1. The summed E-state index contributed by atoms with van der Waals surface area (Å²) < 4.78 is 13.4. The van der Waals surface area contributed by atoms with Gasteiger partial charge in [0.15, 0.2) is 6.10 Å². The molecule has 1 unspecified atom stereocenters. The molecule has 7 heteroatoms. The van der Waals surface area contributed by atoms with Gasteiger partial charge in [0.05, 0.1) is 36.5 Å². The molecule has 152 valence electrons. The molecule has 1 amide bonds. The topological polar surface area (TPSA) is 70.2 Å². The summed E-state index contributed by atoms with van der Waals surface area (Å²) in [6, 6.07) is 15.9. The number of carbonyl (C=O) groups is 1. The first kappa shape index (κ1) is 18.5. The SMILES string of the molecule is N#Cc1c(CN2CC(C(=O)N3CCOCC3)Oc3ccccc32)cn2ccccc12. The molecule has 1 fully saturated rings. The zero-order chi connectivity index (χ0) is 20.5. The third-order valence-corrected chi connectivity index (χ3v) is 5.69. The maximum Gasteiger partial charge on any atom is 0.265 e. The lowest BCUT2D eigenvalue weighted by Crippen LogP contribution is -2.52. The van der Waals surface area contributed by atoms with E-state index in [0.29, 0.717) is 50.7 Å². The van der Waals surface area contributed by atoms with Gasteiger partial charge in [0, 0.05) is 37.6 Å². The Bertz CT molecular complexity index is 1130. The van der Waals surface area contributed by atoms with Gasteiger partial charge in [-0.25, -0.2) is 0 Å². The van der Waals surface area contributed by atoms with Gasteiger partial charge in [0.2, 0.25) is 0 Å². The van der Waals surface area contributed by atoms with Crippen molar-refractivity contribution in [3.63, 3.8) is 0 Å². The number of aromatic nitrogens is 1. The van der Waals surface area contributed by atoms with Gasteiger partial charge >= 0.3 is 0 Å². The van der Waals surface area contributed by atoms with Crippen molar-refractivity contribution < 1.29 is 14.3 Å². The zero-order valence-corrected chi connectivity index (χ0v) is 16.5. The van der Waals surface area contributed by atoms with Crippen LogP contribution in [0.1, 0.15) is 11.1 Å². The minimum atomic E-state index is -0.583.